The zero-order chi connectivity index (χ0) is 10.8. The topological polar surface area (TPSA) is 24.5 Å². The van der Waals surface area contributed by atoms with Gasteiger partial charge in [0.05, 0.1) is 6.61 Å². The third kappa shape index (κ3) is 8.48. The first-order valence-electron chi connectivity index (χ1n) is 5.58. The average molecular weight is 202 g/mol. The summed E-state index contributed by atoms with van der Waals surface area (Å²) in [6.45, 7) is 9.71. The van der Waals surface area contributed by atoms with Gasteiger partial charge in [0.25, 0.3) is 0 Å². The number of likely N-dealkylation sites (N-methyl/N-ethyl adjacent to an activating group) is 1. The van der Waals surface area contributed by atoms with Gasteiger partial charge < -0.3 is 15.0 Å². The molecule has 1 unspecified atom stereocenters. The largest absolute Gasteiger partial charge is 0.383 e. The van der Waals surface area contributed by atoms with Crippen LogP contribution < -0.4 is 5.32 Å². The van der Waals surface area contributed by atoms with E-state index in [0.29, 0.717) is 5.92 Å². The van der Waals surface area contributed by atoms with Crippen molar-refractivity contribution >= 4 is 0 Å². The Morgan fingerprint density at radius 3 is 2.71 bits per heavy atom. The Bertz CT molecular complexity index is 120. The molecule has 0 bridgehead atoms. The lowest BCUT2D eigenvalue weighted by atomic mass is 10.1. The highest BCUT2D eigenvalue weighted by Gasteiger charge is 2.05. The third-order valence-electron chi connectivity index (χ3n) is 2.22. The second-order valence-electron chi connectivity index (χ2n) is 4.06. The highest BCUT2D eigenvalue weighted by molar-refractivity contribution is 4.61. The Morgan fingerprint density at radius 1 is 1.43 bits per heavy atom. The van der Waals surface area contributed by atoms with E-state index >= 15 is 0 Å². The number of rotatable bonds is 9. The first-order valence-corrected chi connectivity index (χ1v) is 5.58. The zero-order valence-corrected chi connectivity index (χ0v) is 10.2. The molecule has 0 rings (SSSR count). The van der Waals surface area contributed by atoms with Crippen molar-refractivity contribution in [2.45, 2.75) is 20.3 Å². The van der Waals surface area contributed by atoms with Crippen LogP contribution in [-0.4, -0.2) is 51.8 Å². The van der Waals surface area contributed by atoms with Crippen molar-refractivity contribution in [2.75, 3.05) is 46.9 Å². The van der Waals surface area contributed by atoms with Crippen molar-refractivity contribution in [3.63, 3.8) is 0 Å². The minimum absolute atomic E-state index is 0.711. The molecule has 0 fully saturated rings. The predicted octanol–water partition coefficient (Wildman–Crippen LogP) is 1.20. The number of nitrogens with one attached hydrogen (secondary N) is 1. The summed E-state index contributed by atoms with van der Waals surface area (Å²) in [6.07, 6.45) is 1.21. The van der Waals surface area contributed by atoms with Crippen molar-refractivity contribution in [1.82, 2.24) is 10.2 Å². The van der Waals surface area contributed by atoms with Crippen molar-refractivity contribution in [2.24, 2.45) is 5.92 Å². The maximum atomic E-state index is 5.04. The zero-order valence-electron chi connectivity index (χ0n) is 10.2. The Morgan fingerprint density at radius 2 is 2.14 bits per heavy atom. The van der Waals surface area contributed by atoms with E-state index in [2.05, 4.69) is 31.1 Å². The van der Waals surface area contributed by atoms with E-state index in [-0.39, 0.29) is 0 Å². The predicted molar refractivity (Wildman–Crippen MR) is 61.7 cm³/mol. The van der Waals surface area contributed by atoms with Crippen molar-refractivity contribution < 1.29 is 4.74 Å². The highest BCUT2D eigenvalue weighted by Crippen LogP contribution is 1.96. The Labute approximate surface area is 88.8 Å². The number of methoxy groups -OCH3 is 1. The van der Waals surface area contributed by atoms with Gasteiger partial charge in [-0.1, -0.05) is 13.8 Å². The summed E-state index contributed by atoms with van der Waals surface area (Å²) in [6, 6.07) is 0. The molecule has 0 aromatic carbocycles. The Kier molecular flexibility index (Phi) is 9.35. The van der Waals surface area contributed by atoms with Crippen LogP contribution in [0.5, 0.6) is 0 Å². The fourth-order valence-electron chi connectivity index (χ4n) is 1.46. The molecule has 0 amide bonds. The van der Waals surface area contributed by atoms with Crippen LogP contribution in [0.4, 0.5) is 0 Å². The maximum Gasteiger partial charge on any atom is 0.0589 e. The van der Waals surface area contributed by atoms with E-state index in [0.717, 1.165) is 32.8 Å². The molecule has 3 heteroatoms. The third-order valence-corrected chi connectivity index (χ3v) is 2.22. The lowest BCUT2D eigenvalue weighted by Crippen LogP contribution is -2.33. The molecule has 0 aliphatic heterocycles. The van der Waals surface area contributed by atoms with Gasteiger partial charge in [0.15, 0.2) is 0 Å². The van der Waals surface area contributed by atoms with Crippen LogP contribution in [0.25, 0.3) is 0 Å². The van der Waals surface area contributed by atoms with Gasteiger partial charge >= 0.3 is 0 Å². The van der Waals surface area contributed by atoms with Gasteiger partial charge in [0.2, 0.25) is 0 Å². The van der Waals surface area contributed by atoms with Crippen molar-refractivity contribution in [3.05, 3.63) is 0 Å². The molecule has 0 aliphatic carbocycles. The van der Waals surface area contributed by atoms with Crippen molar-refractivity contribution in [1.29, 1.82) is 0 Å². The van der Waals surface area contributed by atoms with E-state index in [1.54, 1.807) is 7.11 Å². The van der Waals surface area contributed by atoms with Gasteiger partial charge in [-0.3, -0.25) is 0 Å². The summed E-state index contributed by atoms with van der Waals surface area (Å²) in [7, 11) is 3.90. The van der Waals surface area contributed by atoms with E-state index in [1.165, 1.54) is 6.42 Å². The maximum absolute atomic E-state index is 5.04. The molecule has 0 spiro atoms. The van der Waals surface area contributed by atoms with Crippen LogP contribution in [0.15, 0.2) is 0 Å². The molecule has 0 saturated heterocycles. The smallest absolute Gasteiger partial charge is 0.0589 e. The van der Waals surface area contributed by atoms with Gasteiger partial charge in [-0.15, -0.1) is 0 Å². The molecule has 0 aromatic rings. The second-order valence-corrected chi connectivity index (χ2v) is 4.06. The lowest BCUT2D eigenvalue weighted by Gasteiger charge is -2.21. The minimum Gasteiger partial charge on any atom is -0.383 e. The minimum atomic E-state index is 0.711. The van der Waals surface area contributed by atoms with Crippen molar-refractivity contribution in [3.8, 4) is 0 Å². The molecule has 0 radical (unpaired) electrons. The number of ether oxygens (including phenoxy) is 1. The number of hydrogen-bond donors (Lipinski definition) is 1. The second kappa shape index (κ2) is 9.44. The summed E-state index contributed by atoms with van der Waals surface area (Å²) in [5.41, 5.74) is 0. The Balaban J connectivity index is 3.35. The highest BCUT2D eigenvalue weighted by atomic mass is 16.5. The van der Waals surface area contributed by atoms with Crippen LogP contribution in [0.3, 0.4) is 0 Å². The normalized spacial score (nSPS) is 13.5. The Hall–Kier alpha value is -0.120. The summed E-state index contributed by atoms with van der Waals surface area (Å²) in [5.74, 6) is 0.711. The monoisotopic (exact) mass is 202 g/mol. The van der Waals surface area contributed by atoms with E-state index in [9.17, 15) is 0 Å². The van der Waals surface area contributed by atoms with Crippen LogP contribution >= 0.6 is 0 Å². The van der Waals surface area contributed by atoms with Gasteiger partial charge in [0.1, 0.15) is 0 Å². The van der Waals surface area contributed by atoms with Gasteiger partial charge in [-0.05, 0) is 32.5 Å². The van der Waals surface area contributed by atoms with Crippen LogP contribution in [0.1, 0.15) is 20.3 Å². The quantitative estimate of drug-likeness (QED) is 0.569. The molecule has 3 nitrogen and oxygen atoms in total. The fourth-order valence-corrected chi connectivity index (χ4v) is 1.46. The summed E-state index contributed by atoms with van der Waals surface area (Å²) >= 11 is 0. The standard InChI is InChI=1S/C11H26N2O/c1-5-6-12-9-11(2)10-13(3)7-8-14-4/h11-12H,5-10H2,1-4H3. The molecular formula is C11H26N2O. The molecule has 86 valence electrons. The number of nitrogens with zero attached hydrogens (tertiary/aromatic N) is 1. The lowest BCUT2D eigenvalue weighted by molar-refractivity contribution is 0.153. The molecule has 0 aliphatic rings. The molecular weight excluding hydrogens is 176 g/mol. The van der Waals surface area contributed by atoms with Gasteiger partial charge in [-0.25, -0.2) is 0 Å². The molecule has 0 heterocycles. The fraction of sp³-hybridized carbons (Fsp3) is 1.00. The van der Waals surface area contributed by atoms with Gasteiger partial charge in [-0.2, -0.15) is 0 Å². The first-order chi connectivity index (χ1) is 6.70. The summed E-state index contributed by atoms with van der Waals surface area (Å²) < 4.78 is 5.04. The molecule has 1 N–H and O–H groups in total. The molecule has 14 heavy (non-hydrogen) atoms. The van der Waals surface area contributed by atoms with E-state index < -0.39 is 0 Å². The van der Waals surface area contributed by atoms with Gasteiger partial charge in [0, 0.05) is 20.2 Å². The summed E-state index contributed by atoms with van der Waals surface area (Å²) in [5, 5.41) is 3.44. The van der Waals surface area contributed by atoms with Crippen LogP contribution in [-0.2, 0) is 4.74 Å². The molecule has 1 atom stereocenters. The SMILES string of the molecule is CCCNCC(C)CN(C)CCOC. The molecule has 0 saturated carbocycles. The average Bonchev–Trinajstić information content (AvgIpc) is 2.15. The summed E-state index contributed by atoms with van der Waals surface area (Å²) in [4.78, 5) is 2.32. The first kappa shape index (κ1) is 13.9. The van der Waals surface area contributed by atoms with Crippen LogP contribution in [0.2, 0.25) is 0 Å². The number of hydrogen-bond acceptors (Lipinski definition) is 3. The molecule has 0 aromatic heterocycles. The van der Waals surface area contributed by atoms with Crippen LogP contribution in [0, 0.1) is 5.92 Å². The van der Waals surface area contributed by atoms with E-state index in [4.69, 9.17) is 4.74 Å². The van der Waals surface area contributed by atoms with E-state index in [1.807, 2.05) is 0 Å².